The van der Waals surface area contributed by atoms with Crippen molar-refractivity contribution in [2.75, 3.05) is 6.54 Å². The van der Waals surface area contributed by atoms with Gasteiger partial charge < -0.3 is 5.73 Å². The minimum Gasteiger partial charge on any atom is -0.330 e. The molecule has 0 radical (unpaired) electrons. The number of hydrogen-bond donors (Lipinski definition) is 1. The Kier molecular flexibility index (Phi) is 5.71. The first-order valence-corrected chi connectivity index (χ1v) is 6.40. The van der Waals surface area contributed by atoms with E-state index in [2.05, 4.69) is 15.9 Å². The first-order chi connectivity index (χ1) is 7.63. The predicted molar refractivity (Wildman–Crippen MR) is 70.3 cm³/mol. The average molecular weight is 284 g/mol. The molecule has 0 aliphatic heterocycles. The molecule has 88 valence electrons. The molecule has 1 aromatic carbocycles. The molecule has 1 rings (SSSR count). The van der Waals surface area contributed by atoms with Crippen molar-refractivity contribution in [2.45, 2.75) is 26.2 Å². The Morgan fingerprint density at radius 1 is 1.50 bits per heavy atom. The summed E-state index contributed by atoms with van der Waals surface area (Å²) in [5.74, 6) is 0.411. The second kappa shape index (κ2) is 6.81. The van der Waals surface area contributed by atoms with Crippen LogP contribution in [0, 0.1) is 5.92 Å². The van der Waals surface area contributed by atoms with Crippen LogP contribution in [0.4, 0.5) is 0 Å². The number of halogens is 1. The summed E-state index contributed by atoms with van der Waals surface area (Å²) < 4.78 is 1.02. The first-order valence-electron chi connectivity index (χ1n) is 5.60. The molecule has 0 saturated carbocycles. The largest absolute Gasteiger partial charge is 0.330 e. The highest BCUT2D eigenvalue weighted by Crippen LogP contribution is 2.15. The highest BCUT2D eigenvalue weighted by Gasteiger charge is 2.12. The van der Waals surface area contributed by atoms with E-state index in [0.29, 0.717) is 18.7 Å². The minimum atomic E-state index is 0.113. The summed E-state index contributed by atoms with van der Waals surface area (Å²) in [5.41, 5.74) is 6.50. The quantitative estimate of drug-likeness (QED) is 0.872. The van der Waals surface area contributed by atoms with E-state index in [1.54, 1.807) is 0 Å². The zero-order valence-electron chi connectivity index (χ0n) is 9.58. The van der Waals surface area contributed by atoms with Crippen LogP contribution in [-0.2, 0) is 11.2 Å². The minimum absolute atomic E-state index is 0.113. The number of carbonyl (C=O) groups excluding carboxylic acids is 1. The summed E-state index contributed by atoms with van der Waals surface area (Å²) in [5, 5.41) is 0. The molecule has 2 N–H and O–H groups in total. The monoisotopic (exact) mass is 283 g/mol. The van der Waals surface area contributed by atoms with Gasteiger partial charge in [0.1, 0.15) is 5.78 Å². The molecule has 1 aromatic rings. The van der Waals surface area contributed by atoms with Crippen LogP contribution in [0.15, 0.2) is 28.7 Å². The van der Waals surface area contributed by atoms with Gasteiger partial charge in [-0.1, -0.05) is 35.0 Å². The molecule has 2 nitrogen and oxygen atoms in total. The fourth-order valence-corrected chi connectivity index (χ4v) is 2.05. The number of carbonyl (C=O) groups is 1. The number of nitrogens with two attached hydrogens (primary N) is 1. The molecule has 1 unspecified atom stereocenters. The average Bonchev–Trinajstić information content (AvgIpc) is 2.25. The van der Waals surface area contributed by atoms with E-state index in [1.807, 2.05) is 31.2 Å². The summed E-state index contributed by atoms with van der Waals surface area (Å²) in [6, 6.07) is 7.90. The van der Waals surface area contributed by atoms with Crippen molar-refractivity contribution in [1.29, 1.82) is 0 Å². The van der Waals surface area contributed by atoms with Crippen LogP contribution in [0.5, 0.6) is 0 Å². The lowest BCUT2D eigenvalue weighted by atomic mass is 9.95. The van der Waals surface area contributed by atoms with Crippen molar-refractivity contribution in [3.05, 3.63) is 34.3 Å². The lowest BCUT2D eigenvalue weighted by Gasteiger charge is -2.09. The van der Waals surface area contributed by atoms with Gasteiger partial charge >= 0.3 is 0 Å². The second-order valence-corrected chi connectivity index (χ2v) is 5.02. The number of rotatable bonds is 6. The summed E-state index contributed by atoms with van der Waals surface area (Å²) >= 11 is 3.40. The molecule has 1 atom stereocenters. The van der Waals surface area contributed by atoms with Gasteiger partial charge in [0.05, 0.1) is 0 Å². The van der Waals surface area contributed by atoms with Gasteiger partial charge in [0.25, 0.3) is 0 Å². The SMILES string of the molecule is CC(CCCN)C(=O)Cc1cccc(Br)c1. The Balaban J connectivity index is 2.50. The molecule has 0 heterocycles. The molecule has 0 fully saturated rings. The van der Waals surface area contributed by atoms with Crippen LogP contribution in [-0.4, -0.2) is 12.3 Å². The van der Waals surface area contributed by atoms with E-state index in [-0.39, 0.29) is 5.92 Å². The molecule has 3 heteroatoms. The van der Waals surface area contributed by atoms with Crippen molar-refractivity contribution in [1.82, 2.24) is 0 Å². The van der Waals surface area contributed by atoms with Crippen LogP contribution in [0.25, 0.3) is 0 Å². The van der Waals surface area contributed by atoms with Crippen LogP contribution in [0.2, 0.25) is 0 Å². The maximum absolute atomic E-state index is 11.9. The normalized spacial score (nSPS) is 12.4. The lowest BCUT2D eigenvalue weighted by Crippen LogP contribution is -2.15. The van der Waals surface area contributed by atoms with Gasteiger partial charge in [-0.3, -0.25) is 4.79 Å². The standard InChI is InChI=1S/C13H18BrNO/c1-10(4-3-7-15)13(16)9-11-5-2-6-12(14)8-11/h2,5-6,8,10H,3-4,7,9,15H2,1H3. The molecule has 0 aliphatic rings. The summed E-state index contributed by atoms with van der Waals surface area (Å²) in [4.78, 5) is 11.9. The Bertz CT molecular complexity index is 352. The van der Waals surface area contributed by atoms with Gasteiger partial charge in [-0.2, -0.15) is 0 Å². The van der Waals surface area contributed by atoms with Gasteiger partial charge in [0.2, 0.25) is 0 Å². The van der Waals surface area contributed by atoms with E-state index in [4.69, 9.17) is 5.73 Å². The molecule has 16 heavy (non-hydrogen) atoms. The third kappa shape index (κ3) is 4.45. The lowest BCUT2D eigenvalue weighted by molar-refractivity contribution is -0.121. The van der Waals surface area contributed by atoms with E-state index in [1.165, 1.54) is 0 Å². The molecule has 0 saturated heterocycles. The summed E-state index contributed by atoms with van der Waals surface area (Å²) in [7, 11) is 0. The highest BCUT2D eigenvalue weighted by atomic mass is 79.9. The number of Topliss-reactive ketones (excluding diaryl/α,β-unsaturated/α-hetero) is 1. The topological polar surface area (TPSA) is 43.1 Å². The maximum atomic E-state index is 11.9. The zero-order valence-corrected chi connectivity index (χ0v) is 11.2. The molecular weight excluding hydrogens is 266 g/mol. The number of hydrogen-bond acceptors (Lipinski definition) is 2. The number of ketones is 1. The van der Waals surface area contributed by atoms with Crippen molar-refractivity contribution >= 4 is 21.7 Å². The Labute approximate surface area is 105 Å². The fraction of sp³-hybridized carbons (Fsp3) is 0.462. The Morgan fingerprint density at radius 2 is 2.25 bits per heavy atom. The molecular formula is C13H18BrNO. The maximum Gasteiger partial charge on any atom is 0.140 e. The number of benzene rings is 1. The predicted octanol–water partition coefficient (Wildman–Crippen LogP) is 2.94. The van der Waals surface area contributed by atoms with E-state index >= 15 is 0 Å². The molecule has 0 aliphatic carbocycles. The fourth-order valence-electron chi connectivity index (χ4n) is 1.61. The first kappa shape index (κ1) is 13.4. The van der Waals surface area contributed by atoms with E-state index < -0.39 is 0 Å². The molecule has 0 aromatic heterocycles. The van der Waals surface area contributed by atoms with E-state index in [0.717, 1.165) is 22.9 Å². The van der Waals surface area contributed by atoms with Gasteiger partial charge in [-0.15, -0.1) is 0 Å². The summed E-state index contributed by atoms with van der Waals surface area (Å²) in [6.07, 6.45) is 2.33. The molecule has 0 amide bonds. The van der Waals surface area contributed by atoms with Crippen LogP contribution in [0.3, 0.4) is 0 Å². The van der Waals surface area contributed by atoms with Gasteiger partial charge in [0.15, 0.2) is 0 Å². The zero-order chi connectivity index (χ0) is 12.0. The van der Waals surface area contributed by atoms with Crippen LogP contribution < -0.4 is 5.73 Å². The van der Waals surface area contributed by atoms with Gasteiger partial charge in [0, 0.05) is 16.8 Å². The van der Waals surface area contributed by atoms with Crippen LogP contribution in [0.1, 0.15) is 25.3 Å². The van der Waals surface area contributed by atoms with Gasteiger partial charge in [-0.25, -0.2) is 0 Å². The highest BCUT2D eigenvalue weighted by molar-refractivity contribution is 9.10. The van der Waals surface area contributed by atoms with Crippen molar-refractivity contribution in [3.8, 4) is 0 Å². The third-order valence-electron chi connectivity index (χ3n) is 2.66. The molecule has 0 bridgehead atoms. The van der Waals surface area contributed by atoms with Gasteiger partial charge in [-0.05, 0) is 37.1 Å². The van der Waals surface area contributed by atoms with E-state index in [9.17, 15) is 4.79 Å². The van der Waals surface area contributed by atoms with Crippen LogP contribution >= 0.6 is 15.9 Å². The molecule has 0 spiro atoms. The van der Waals surface area contributed by atoms with Crippen molar-refractivity contribution in [2.24, 2.45) is 11.7 Å². The smallest absolute Gasteiger partial charge is 0.140 e. The van der Waals surface area contributed by atoms with Crippen molar-refractivity contribution in [3.63, 3.8) is 0 Å². The Morgan fingerprint density at radius 3 is 2.88 bits per heavy atom. The van der Waals surface area contributed by atoms with Crippen molar-refractivity contribution < 1.29 is 4.79 Å². The third-order valence-corrected chi connectivity index (χ3v) is 3.15. The Hall–Kier alpha value is -0.670. The summed E-state index contributed by atoms with van der Waals surface area (Å²) in [6.45, 7) is 2.64. The second-order valence-electron chi connectivity index (χ2n) is 4.10.